The Labute approximate surface area is 109 Å². The van der Waals surface area contributed by atoms with Gasteiger partial charge in [-0.15, -0.1) is 0 Å². The topological polar surface area (TPSA) is 52.3 Å². The molecule has 0 saturated carbocycles. The molecule has 0 aliphatic heterocycles. The Morgan fingerprint density at radius 3 is 2.61 bits per heavy atom. The van der Waals surface area contributed by atoms with Crippen LogP contribution in [0, 0.1) is 0 Å². The Morgan fingerprint density at radius 1 is 1.17 bits per heavy atom. The molecule has 0 aliphatic carbocycles. The molecule has 0 bridgehead atoms. The van der Waals surface area contributed by atoms with E-state index >= 15 is 0 Å². The predicted octanol–water partition coefficient (Wildman–Crippen LogP) is 2.72. The zero-order valence-corrected chi connectivity index (χ0v) is 11.2. The molecule has 100 valence electrons. The fourth-order valence-corrected chi connectivity index (χ4v) is 1.97. The van der Waals surface area contributed by atoms with Crippen molar-refractivity contribution in [2.75, 3.05) is 13.7 Å². The van der Waals surface area contributed by atoms with Gasteiger partial charge in [-0.05, 0) is 25.5 Å². The fraction of sp³-hybridized carbons (Fsp3) is 0.533. The van der Waals surface area contributed by atoms with Gasteiger partial charge < -0.3 is 10.5 Å². The van der Waals surface area contributed by atoms with E-state index in [-0.39, 0.29) is 5.78 Å². The van der Waals surface area contributed by atoms with Crippen molar-refractivity contribution < 1.29 is 9.53 Å². The quantitative estimate of drug-likeness (QED) is 0.685. The molecule has 18 heavy (non-hydrogen) atoms. The molecule has 0 atom stereocenters. The number of carbonyl (C=O) groups is 1. The van der Waals surface area contributed by atoms with E-state index in [0.29, 0.717) is 12.8 Å². The largest absolute Gasteiger partial charge is 0.496 e. The molecule has 1 aromatic rings. The van der Waals surface area contributed by atoms with Gasteiger partial charge in [-0.25, -0.2) is 0 Å². The first kappa shape index (κ1) is 14.7. The second-order valence-corrected chi connectivity index (χ2v) is 4.48. The van der Waals surface area contributed by atoms with Crippen LogP contribution in [0.2, 0.25) is 0 Å². The van der Waals surface area contributed by atoms with Gasteiger partial charge in [-0.3, -0.25) is 4.79 Å². The van der Waals surface area contributed by atoms with E-state index in [0.717, 1.165) is 43.5 Å². The number of ether oxygens (including phenoxy) is 1. The number of Topliss-reactive ketones (excluding diaryl/α,β-unsaturated/α-hetero) is 1. The van der Waals surface area contributed by atoms with Gasteiger partial charge in [-0.1, -0.05) is 31.0 Å². The van der Waals surface area contributed by atoms with E-state index in [1.807, 2.05) is 24.3 Å². The number of nitrogens with two attached hydrogens (primary N) is 1. The van der Waals surface area contributed by atoms with Crippen molar-refractivity contribution in [3.63, 3.8) is 0 Å². The normalized spacial score (nSPS) is 10.3. The predicted molar refractivity (Wildman–Crippen MR) is 73.8 cm³/mol. The second-order valence-electron chi connectivity index (χ2n) is 4.48. The van der Waals surface area contributed by atoms with Crippen LogP contribution in [-0.2, 0) is 11.2 Å². The SMILES string of the molecule is COc1ccccc1CC(=O)CCCCCCN. The van der Waals surface area contributed by atoms with Crippen molar-refractivity contribution in [3.8, 4) is 5.75 Å². The van der Waals surface area contributed by atoms with Crippen LogP contribution < -0.4 is 10.5 Å². The number of hydrogen-bond donors (Lipinski definition) is 1. The highest BCUT2D eigenvalue weighted by Gasteiger charge is 2.07. The van der Waals surface area contributed by atoms with E-state index in [4.69, 9.17) is 10.5 Å². The minimum absolute atomic E-state index is 0.284. The number of hydrogen-bond acceptors (Lipinski definition) is 3. The van der Waals surface area contributed by atoms with Crippen LogP contribution >= 0.6 is 0 Å². The molecule has 1 rings (SSSR count). The van der Waals surface area contributed by atoms with Crippen LogP contribution in [0.25, 0.3) is 0 Å². The Hall–Kier alpha value is -1.35. The fourth-order valence-electron chi connectivity index (χ4n) is 1.97. The van der Waals surface area contributed by atoms with Gasteiger partial charge in [0.05, 0.1) is 7.11 Å². The molecule has 2 N–H and O–H groups in total. The lowest BCUT2D eigenvalue weighted by Gasteiger charge is -2.07. The summed E-state index contributed by atoms with van der Waals surface area (Å²) in [7, 11) is 1.64. The summed E-state index contributed by atoms with van der Waals surface area (Å²) in [6, 6.07) is 7.70. The van der Waals surface area contributed by atoms with Gasteiger partial charge >= 0.3 is 0 Å². The van der Waals surface area contributed by atoms with Crippen molar-refractivity contribution in [1.29, 1.82) is 0 Å². The standard InChI is InChI=1S/C15H23NO2/c1-18-15-10-6-5-8-13(15)12-14(17)9-4-2-3-7-11-16/h5-6,8,10H,2-4,7,9,11-12,16H2,1H3. The zero-order valence-electron chi connectivity index (χ0n) is 11.2. The third-order valence-electron chi connectivity index (χ3n) is 2.99. The maximum atomic E-state index is 11.8. The Morgan fingerprint density at radius 2 is 1.89 bits per heavy atom. The number of ketones is 1. The molecule has 0 amide bonds. The highest BCUT2D eigenvalue weighted by molar-refractivity contribution is 5.81. The highest BCUT2D eigenvalue weighted by atomic mass is 16.5. The molecule has 0 aliphatic rings. The number of methoxy groups -OCH3 is 1. The highest BCUT2D eigenvalue weighted by Crippen LogP contribution is 2.18. The number of carbonyl (C=O) groups excluding carboxylic acids is 1. The first-order valence-corrected chi connectivity index (χ1v) is 6.61. The molecular weight excluding hydrogens is 226 g/mol. The van der Waals surface area contributed by atoms with Gasteiger partial charge in [0.2, 0.25) is 0 Å². The molecule has 0 radical (unpaired) electrons. The van der Waals surface area contributed by atoms with Crippen molar-refractivity contribution in [1.82, 2.24) is 0 Å². The third kappa shape index (κ3) is 5.32. The zero-order chi connectivity index (χ0) is 13.2. The number of rotatable bonds is 9. The lowest BCUT2D eigenvalue weighted by molar-refractivity contribution is -0.118. The monoisotopic (exact) mass is 249 g/mol. The summed E-state index contributed by atoms with van der Waals surface area (Å²) in [5.74, 6) is 1.08. The van der Waals surface area contributed by atoms with Crippen LogP contribution in [0.3, 0.4) is 0 Å². The van der Waals surface area contributed by atoms with Gasteiger partial charge in [0, 0.05) is 18.4 Å². The first-order valence-electron chi connectivity index (χ1n) is 6.61. The third-order valence-corrected chi connectivity index (χ3v) is 2.99. The Bertz CT molecular complexity index is 363. The Balaban J connectivity index is 2.31. The van der Waals surface area contributed by atoms with Gasteiger partial charge in [-0.2, -0.15) is 0 Å². The number of benzene rings is 1. The minimum atomic E-state index is 0.284. The smallest absolute Gasteiger partial charge is 0.137 e. The second kappa shape index (κ2) is 8.70. The van der Waals surface area contributed by atoms with Crippen LogP contribution in [-0.4, -0.2) is 19.4 Å². The molecule has 0 heterocycles. The molecule has 3 heteroatoms. The summed E-state index contributed by atoms with van der Waals surface area (Å²) >= 11 is 0. The first-order chi connectivity index (χ1) is 8.77. The maximum Gasteiger partial charge on any atom is 0.137 e. The van der Waals surface area contributed by atoms with Crippen LogP contribution in [0.4, 0.5) is 0 Å². The molecule has 0 spiro atoms. The molecular formula is C15H23NO2. The molecule has 0 aromatic heterocycles. The van der Waals surface area contributed by atoms with Crippen molar-refractivity contribution in [2.24, 2.45) is 5.73 Å². The minimum Gasteiger partial charge on any atom is -0.496 e. The summed E-state index contributed by atoms with van der Waals surface area (Å²) in [6.45, 7) is 0.745. The van der Waals surface area contributed by atoms with E-state index in [1.54, 1.807) is 7.11 Å². The summed E-state index contributed by atoms with van der Waals surface area (Å²) < 4.78 is 5.24. The van der Waals surface area contributed by atoms with Crippen LogP contribution in [0.1, 0.15) is 37.7 Å². The van der Waals surface area contributed by atoms with Gasteiger partial charge in [0.15, 0.2) is 0 Å². The average Bonchev–Trinajstić information content (AvgIpc) is 2.39. The van der Waals surface area contributed by atoms with Crippen LogP contribution in [0.5, 0.6) is 5.75 Å². The van der Waals surface area contributed by atoms with E-state index < -0.39 is 0 Å². The number of para-hydroxylation sites is 1. The van der Waals surface area contributed by atoms with E-state index in [9.17, 15) is 4.79 Å². The van der Waals surface area contributed by atoms with Crippen molar-refractivity contribution >= 4 is 5.78 Å². The maximum absolute atomic E-state index is 11.8. The lowest BCUT2D eigenvalue weighted by Crippen LogP contribution is -2.04. The molecule has 0 saturated heterocycles. The van der Waals surface area contributed by atoms with Gasteiger partial charge in [0.1, 0.15) is 11.5 Å². The van der Waals surface area contributed by atoms with Crippen molar-refractivity contribution in [2.45, 2.75) is 38.5 Å². The molecule has 0 unspecified atom stereocenters. The molecule has 3 nitrogen and oxygen atoms in total. The van der Waals surface area contributed by atoms with Gasteiger partial charge in [0.25, 0.3) is 0 Å². The van der Waals surface area contributed by atoms with E-state index in [2.05, 4.69) is 0 Å². The Kier molecular flexibility index (Phi) is 7.11. The summed E-state index contributed by atoms with van der Waals surface area (Å²) in [5, 5.41) is 0. The van der Waals surface area contributed by atoms with E-state index in [1.165, 1.54) is 0 Å². The summed E-state index contributed by atoms with van der Waals surface area (Å²) in [6.07, 6.45) is 5.37. The summed E-state index contributed by atoms with van der Waals surface area (Å²) in [5.41, 5.74) is 6.40. The summed E-state index contributed by atoms with van der Waals surface area (Å²) in [4.78, 5) is 11.8. The lowest BCUT2D eigenvalue weighted by atomic mass is 10.0. The van der Waals surface area contributed by atoms with Crippen molar-refractivity contribution in [3.05, 3.63) is 29.8 Å². The number of unbranched alkanes of at least 4 members (excludes halogenated alkanes) is 3. The van der Waals surface area contributed by atoms with Crippen LogP contribution in [0.15, 0.2) is 24.3 Å². The average molecular weight is 249 g/mol. The molecule has 1 aromatic carbocycles. The molecule has 0 fully saturated rings.